The summed E-state index contributed by atoms with van der Waals surface area (Å²) in [5.41, 5.74) is 0.837. The van der Waals surface area contributed by atoms with E-state index in [9.17, 15) is 14.0 Å². The molecule has 1 atom stereocenters. The highest BCUT2D eigenvalue weighted by Gasteiger charge is 2.30. The highest BCUT2D eigenvalue weighted by Crippen LogP contribution is 2.22. The molecule has 1 aromatic carbocycles. The largest absolute Gasteiger partial charge is 0.481 e. The van der Waals surface area contributed by atoms with E-state index >= 15 is 0 Å². The normalized spacial score (nSPS) is 17.8. The van der Waals surface area contributed by atoms with Crippen LogP contribution < -0.4 is 4.74 Å². The van der Waals surface area contributed by atoms with Crippen molar-refractivity contribution in [3.63, 3.8) is 0 Å². The summed E-state index contributed by atoms with van der Waals surface area (Å²) in [5, 5.41) is 8.83. The van der Waals surface area contributed by atoms with Crippen LogP contribution in [0.4, 0.5) is 4.39 Å². The fourth-order valence-electron chi connectivity index (χ4n) is 2.52. The van der Waals surface area contributed by atoms with E-state index in [1.807, 2.05) is 0 Å². The number of ether oxygens (including phenoxy) is 1. The quantitative estimate of drug-likeness (QED) is 0.902. The molecule has 1 aliphatic rings. The molecule has 2 rings (SSSR count). The minimum atomic E-state index is -0.926. The van der Waals surface area contributed by atoms with E-state index in [2.05, 4.69) is 0 Å². The summed E-state index contributed by atoms with van der Waals surface area (Å²) in [5.74, 6) is -1.71. The molecule has 6 heteroatoms. The SMILES string of the molecule is Cc1ccc(F)c(OCC(=O)N2CCC[C@@H]2CC(=O)O)c1. The number of carboxylic acid groups (broad SMARTS) is 1. The van der Waals surface area contributed by atoms with Gasteiger partial charge in [-0.1, -0.05) is 6.07 Å². The Kier molecular flexibility index (Phi) is 4.77. The highest BCUT2D eigenvalue weighted by atomic mass is 19.1. The molecule has 1 saturated heterocycles. The summed E-state index contributed by atoms with van der Waals surface area (Å²) in [6.07, 6.45) is 1.39. The van der Waals surface area contributed by atoms with Crippen molar-refractivity contribution in [1.29, 1.82) is 0 Å². The molecule has 0 aliphatic carbocycles. The Morgan fingerprint density at radius 1 is 1.48 bits per heavy atom. The first-order valence-electron chi connectivity index (χ1n) is 6.87. The lowest BCUT2D eigenvalue weighted by Crippen LogP contribution is -2.39. The van der Waals surface area contributed by atoms with Crippen LogP contribution in [0.25, 0.3) is 0 Å². The monoisotopic (exact) mass is 295 g/mol. The van der Waals surface area contributed by atoms with Crippen molar-refractivity contribution in [3.05, 3.63) is 29.6 Å². The zero-order valence-electron chi connectivity index (χ0n) is 11.8. The van der Waals surface area contributed by atoms with E-state index in [0.717, 1.165) is 12.0 Å². The second-order valence-electron chi connectivity index (χ2n) is 5.20. The zero-order valence-corrected chi connectivity index (χ0v) is 11.8. The average Bonchev–Trinajstić information content (AvgIpc) is 2.86. The molecule has 114 valence electrons. The van der Waals surface area contributed by atoms with Crippen molar-refractivity contribution in [2.75, 3.05) is 13.2 Å². The Bertz CT molecular complexity index is 546. The van der Waals surface area contributed by atoms with Crippen LogP contribution in [0.5, 0.6) is 5.75 Å². The first-order valence-corrected chi connectivity index (χ1v) is 6.87. The molecule has 0 radical (unpaired) electrons. The van der Waals surface area contributed by atoms with Gasteiger partial charge in [0, 0.05) is 12.6 Å². The van der Waals surface area contributed by atoms with Gasteiger partial charge in [0.2, 0.25) is 0 Å². The summed E-state index contributed by atoms with van der Waals surface area (Å²) < 4.78 is 18.7. The fourth-order valence-corrected chi connectivity index (χ4v) is 2.52. The second-order valence-corrected chi connectivity index (χ2v) is 5.20. The number of carbonyl (C=O) groups excluding carboxylic acids is 1. The molecule has 0 aromatic heterocycles. The molecule has 1 amide bonds. The average molecular weight is 295 g/mol. The van der Waals surface area contributed by atoms with Gasteiger partial charge < -0.3 is 14.7 Å². The van der Waals surface area contributed by atoms with Crippen LogP contribution in [0, 0.1) is 12.7 Å². The predicted molar refractivity (Wildman–Crippen MR) is 73.6 cm³/mol. The van der Waals surface area contributed by atoms with Gasteiger partial charge in [-0.2, -0.15) is 0 Å². The Morgan fingerprint density at radius 2 is 2.24 bits per heavy atom. The molecule has 1 aliphatic heterocycles. The number of likely N-dealkylation sites (tertiary alicyclic amines) is 1. The number of benzene rings is 1. The number of rotatable bonds is 5. The summed E-state index contributed by atoms with van der Waals surface area (Å²) >= 11 is 0. The topological polar surface area (TPSA) is 66.8 Å². The lowest BCUT2D eigenvalue weighted by molar-refractivity contribution is -0.140. The van der Waals surface area contributed by atoms with Crippen LogP contribution >= 0.6 is 0 Å². The lowest BCUT2D eigenvalue weighted by Gasteiger charge is -2.23. The molecular weight excluding hydrogens is 277 g/mol. The van der Waals surface area contributed by atoms with E-state index in [-0.39, 0.29) is 30.7 Å². The number of hydrogen-bond donors (Lipinski definition) is 1. The second kappa shape index (κ2) is 6.56. The Morgan fingerprint density at radius 3 is 2.95 bits per heavy atom. The third-order valence-corrected chi connectivity index (χ3v) is 3.55. The standard InChI is InChI=1S/C15H18FNO4/c1-10-4-5-12(16)13(7-10)21-9-14(18)17-6-2-3-11(17)8-15(19)20/h4-5,7,11H,2-3,6,8-9H2,1H3,(H,19,20)/t11-/m1/s1. The minimum absolute atomic E-state index is 0.0392. The Labute approximate surface area is 122 Å². The smallest absolute Gasteiger partial charge is 0.305 e. The molecule has 0 saturated carbocycles. The van der Waals surface area contributed by atoms with E-state index in [0.29, 0.717) is 13.0 Å². The third-order valence-electron chi connectivity index (χ3n) is 3.55. The van der Waals surface area contributed by atoms with Crippen molar-refractivity contribution in [2.45, 2.75) is 32.2 Å². The number of hydrogen-bond acceptors (Lipinski definition) is 3. The van der Waals surface area contributed by atoms with Crippen LogP contribution in [0.1, 0.15) is 24.8 Å². The van der Waals surface area contributed by atoms with Gasteiger partial charge in [-0.25, -0.2) is 4.39 Å². The van der Waals surface area contributed by atoms with Crippen molar-refractivity contribution in [1.82, 2.24) is 4.90 Å². The number of aliphatic carboxylic acids is 1. The number of carboxylic acids is 1. The third kappa shape index (κ3) is 3.93. The van der Waals surface area contributed by atoms with Crippen LogP contribution in [0.2, 0.25) is 0 Å². The lowest BCUT2D eigenvalue weighted by atomic mass is 10.1. The molecular formula is C15H18FNO4. The van der Waals surface area contributed by atoms with Gasteiger partial charge >= 0.3 is 5.97 Å². The van der Waals surface area contributed by atoms with Crippen molar-refractivity contribution < 1.29 is 23.8 Å². The fraction of sp³-hybridized carbons (Fsp3) is 0.467. The Balaban J connectivity index is 1.95. The van der Waals surface area contributed by atoms with E-state index < -0.39 is 11.8 Å². The maximum absolute atomic E-state index is 13.5. The van der Waals surface area contributed by atoms with Gasteiger partial charge in [0.15, 0.2) is 18.2 Å². The summed E-state index contributed by atoms with van der Waals surface area (Å²) in [4.78, 5) is 24.4. The van der Waals surface area contributed by atoms with Crippen LogP contribution in [0.3, 0.4) is 0 Å². The summed E-state index contributed by atoms with van der Waals surface area (Å²) in [6, 6.07) is 4.15. The molecule has 0 bridgehead atoms. The van der Waals surface area contributed by atoms with Crippen LogP contribution in [-0.2, 0) is 9.59 Å². The molecule has 1 N–H and O–H groups in total. The van der Waals surface area contributed by atoms with Gasteiger partial charge in [-0.05, 0) is 37.5 Å². The first kappa shape index (κ1) is 15.3. The molecule has 5 nitrogen and oxygen atoms in total. The number of nitrogens with zero attached hydrogens (tertiary/aromatic N) is 1. The highest BCUT2D eigenvalue weighted by molar-refractivity contribution is 5.79. The van der Waals surface area contributed by atoms with Crippen LogP contribution in [-0.4, -0.2) is 41.1 Å². The van der Waals surface area contributed by atoms with Gasteiger partial charge in [-0.3, -0.25) is 9.59 Å². The van der Waals surface area contributed by atoms with Crippen molar-refractivity contribution >= 4 is 11.9 Å². The van der Waals surface area contributed by atoms with Gasteiger partial charge in [0.25, 0.3) is 5.91 Å². The summed E-state index contributed by atoms with van der Waals surface area (Å²) in [6.45, 7) is 2.05. The van der Waals surface area contributed by atoms with Crippen molar-refractivity contribution in [2.24, 2.45) is 0 Å². The number of aryl methyl sites for hydroxylation is 1. The number of carbonyl (C=O) groups is 2. The zero-order chi connectivity index (χ0) is 15.4. The molecule has 1 heterocycles. The molecule has 0 spiro atoms. The van der Waals surface area contributed by atoms with E-state index in [4.69, 9.17) is 9.84 Å². The molecule has 1 fully saturated rings. The molecule has 1 aromatic rings. The molecule has 0 unspecified atom stereocenters. The Hall–Kier alpha value is -2.11. The van der Waals surface area contributed by atoms with E-state index in [1.54, 1.807) is 13.0 Å². The van der Waals surface area contributed by atoms with Gasteiger partial charge in [0.05, 0.1) is 6.42 Å². The predicted octanol–water partition coefficient (Wildman–Crippen LogP) is 1.98. The summed E-state index contributed by atoms with van der Waals surface area (Å²) in [7, 11) is 0. The van der Waals surface area contributed by atoms with E-state index in [1.165, 1.54) is 17.0 Å². The molecule has 21 heavy (non-hydrogen) atoms. The first-order chi connectivity index (χ1) is 9.97. The minimum Gasteiger partial charge on any atom is -0.481 e. The van der Waals surface area contributed by atoms with Crippen molar-refractivity contribution in [3.8, 4) is 5.75 Å². The maximum Gasteiger partial charge on any atom is 0.305 e. The number of halogens is 1. The van der Waals surface area contributed by atoms with Gasteiger partial charge in [0.1, 0.15) is 0 Å². The maximum atomic E-state index is 13.5. The van der Waals surface area contributed by atoms with Gasteiger partial charge in [-0.15, -0.1) is 0 Å². The van der Waals surface area contributed by atoms with Crippen LogP contribution in [0.15, 0.2) is 18.2 Å². The number of amides is 1.